The molecule has 0 spiro atoms. The molecule has 1 amide bonds. The molecule has 0 unspecified atom stereocenters. The maximum absolute atomic E-state index is 12.0. The van der Waals surface area contributed by atoms with Gasteiger partial charge in [0.1, 0.15) is 0 Å². The van der Waals surface area contributed by atoms with Gasteiger partial charge < -0.3 is 10.4 Å². The fraction of sp³-hybridized carbons (Fsp3) is 0.500. The number of rotatable bonds is 5. The van der Waals surface area contributed by atoms with Crippen molar-refractivity contribution in [2.45, 2.75) is 32.2 Å². The molecule has 0 fully saturated rings. The molecule has 0 atom stereocenters. The molecule has 94 valence electrons. The van der Waals surface area contributed by atoms with E-state index in [2.05, 4.69) is 26.2 Å². The number of carbonyl (C=O) groups is 1. The fourth-order valence-corrected chi connectivity index (χ4v) is 1.90. The molecule has 0 bridgehead atoms. The van der Waals surface area contributed by atoms with E-state index >= 15 is 0 Å². The summed E-state index contributed by atoms with van der Waals surface area (Å²) in [6.45, 7) is 3.82. The molecule has 4 nitrogen and oxygen atoms in total. The number of pyridine rings is 1. The second kappa shape index (κ2) is 6.12. The first-order valence-electron chi connectivity index (χ1n) is 5.61. The molecular formula is C12H17BrN2O2. The van der Waals surface area contributed by atoms with E-state index in [0.717, 1.165) is 4.47 Å². The molecule has 1 rings (SSSR count). The average molecular weight is 301 g/mol. The Balaban J connectivity index is 2.84. The third kappa shape index (κ3) is 3.51. The molecule has 0 aliphatic rings. The highest BCUT2D eigenvalue weighted by Crippen LogP contribution is 2.16. The number of aromatic nitrogens is 1. The number of amides is 1. The lowest BCUT2D eigenvalue weighted by atomic mass is 9.93. The van der Waals surface area contributed by atoms with Gasteiger partial charge in [-0.15, -0.1) is 0 Å². The highest BCUT2D eigenvalue weighted by molar-refractivity contribution is 9.10. The van der Waals surface area contributed by atoms with Crippen LogP contribution in [0.5, 0.6) is 0 Å². The summed E-state index contributed by atoms with van der Waals surface area (Å²) in [6.07, 6.45) is 4.50. The maximum Gasteiger partial charge on any atom is 0.253 e. The van der Waals surface area contributed by atoms with Crippen LogP contribution in [0.25, 0.3) is 0 Å². The van der Waals surface area contributed by atoms with Crippen LogP contribution in [0.1, 0.15) is 37.0 Å². The Labute approximate surface area is 110 Å². The second-order valence-electron chi connectivity index (χ2n) is 3.99. The quantitative estimate of drug-likeness (QED) is 0.875. The van der Waals surface area contributed by atoms with Crippen molar-refractivity contribution in [1.82, 2.24) is 10.3 Å². The Morgan fingerprint density at radius 3 is 2.59 bits per heavy atom. The molecule has 1 aromatic rings. The Bertz CT molecular complexity index is 384. The van der Waals surface area contributed by atoms with Gasteiger partial charge in [0.15, 0.2) is 0 Å². The minimum Gasteiger partial charge on any atom is -0.394 e. The monoisotopic (exact) mass is 300 g/mol. The third-order valence-electron chi connectivity index (χ3n) is 3.00. The Kier molecular flexibility index (Phi) is 5.08. The molecule has 0 radical (unpaired) electrons. The molecule has 0 aromatic carbocycles. The maximum atomic E-state index is 12.0. The zero-order valence-corrected chi connectivity index (χ0v) is 11.6. The number of hydrogen-bond acceptors (Lipinski definition) is 3. The van der Waals surface area contributed by atoms with E-state index < -0.39 is 5.54 Å². The van der Waals surface area contributed by atoms with Gasteiger partial charge in [-0.3, -0.25) is 9.78 Å². The van der Waals surface area contributed by atoms with Crippen LogP contribution in [0, 0.1) is 0 Å². The van der Waals surface area contributed by atoms with Gasteiger partial charge in [-0.05, 0) is 34.8 Å². The largest absolute Gasteiger partial charge is 0.394 e. The molecule has 5 heteroatoms. The SMILES string of the molecule is CCC(CC)(CO)NC(=O)c1cncc(Br)c1. The third-order valence-corrected chi connectivity index (χ3v) is 3.44. The second-order valence-corrected chi connectivity index (χ2v) is 4.91. The van der Waals surface area contributed by atoms with Crippen molar-refractivity contribution in [2.24, 2.45) is 0 Å². The summed E-state index contributed by atoms with van der Waals surface area (Å²) >= 11 is 3.27. The summed E-state index contributed by atoms with van der Waals surface area (Å²) in [4.78, 5) is 15.9. The Hall–Kier alpha value is -0.940. The van der Waals surface area contributed by atoms with Crippen molar-refractivity contribution in [3.63, 3.8) is 0 Å². The molecule has 17 heavy (non-hydrogen) atoms. The molecule has 1 heterocycles. The molecule has 0 saturated heterocycles. The van der Waals surface area contributed by atoms with Crippen LogP contribution >= 0.6 is 15.9 Å². The van der Waals surface area contributed by atoms with Gasteiger partial charge in [0, 0.05) is 16.9 Å². The number of aliphatic hydroxyl groups excluding tert-OH is 1. The Morgan fingerprint density at radius 1 is 1.47 bits per heavy atom. The number of nitrogens with zero attached hydrogens (tertiary/aromatic N) is 1. The molecule has 1 aromatic heterocycles. The summed E-state index contributed by atoms with van der Waals surface area (Å²) < 4.78 is 0.757. The van der Waals surface area contributed by atoms with Gasteiger partial charge in [0.2, 0.25) is 0 Å². The van der Waals surface area contributed by atoms with E-state index in [9.17, 15) is 9.90 Å². The van der Waals surface area contributed by atoms with Crippen molar-refractivity contribution in [1.29, 1.82) is 0 Å². The lowest BCUT2D eigenvalue weighted by molar-refractivity contribution is 0.0817. The van der Waals surface area contributed by atoms with Crippen LogP contribution in [0.4, 0.5) is 0 Å². The van der Waals surface area contributed by atoms with Crippen LogP contribution in [-0.2, 0) is 0 Å². The lowest BCUT2D eigenvalue weighted by Gasteiger charge is -2.30. The van der Waals surface area contributed by atoms with E-state index in [1.54, 1.807) is 12.3 Å². The predicted molar refractivity (Wildman–Crippen MR) is 69.8 cm³/mol. The van der Waals surface area contributed by atoms with Crippen LogP contribution in [0.3, 0.4) is 0 Å². The molecule has 0 saturated carbocycles. The lowest BCUT2D eigenvalue weighted by Crippen LogP contribution is -2.50. The first kappa shape index (κ1) is 14.1. The van der Waals surface area contributed by atoms with Crippen molar-refractivity contribution in [3.05, 3.63) is 28.5 Å². The zero-order valence-electron chi connectivity index (χ0n) is 10.0. The highest BCUT2D eigenvalue weighted by Gasteiger charge is 2.27. The summed E-state index contributed by atoms with van der Waals surface area (Å²) in [5, 5.41) is 12.3. The van der Waals surface area contributed by atoms with E-state index in [-0.39, 0.29) is 12.5 Å². The smallest absolute Gasteiger partial charge is 0.253 e. The molecule has 0 aliphatic carbocycles. The number of nitrogens with one attached hydrogen (secondary N) is 1. The van der Waals surface area contributed by atoms with Crippen LogP contribution < -0.4 is 5.32 Å². The van der Waals surface area contributed by atoms with Crippen LogP contribution in [0.2, 0.25) is 0 Å². The van der Waals surface area contributed by atoms with Gasteiger partial charge in [0.25, 0.3) is 5.91 Å². The highest BCUT2D eigenvalue weighted by atomic mass is 79.9. The summed E-state index contributed by atoms with van der Waals surface area (Å²) in [5.41, 5.74) is -0.0570. The van der Waals surface area contributed by atoms with E-state index in [1.807, 2.05) is 13.8 Å². The minimum absolute atomic E-state index is 0.0623. The fourth-order valence-electron chi connectivity index (χ4n) is 1.54. The van der Waals surface area contributed by atoms with Crippen molar-refractivity contribution in [3.8, 4) is 0 Å². The van der Waals surface area contributed by atoms with E-state index in [1.165, 1.54) is 6.20 Å². The first-order valence-corrected chi connectivity index (χ1v) is 6.40. The van der Waals surface area contributed by atoms with E-state index in [0.29, 0.717) is 18.4 Å². The van der Waals surface area contributed by atoms with Gasteiger partial charge in [-0.1, -0.05) is 13.8 Å². The normalized spacial score (nSPS) is 11.3. The number of halogens is 1. The average Bonchev–Trinajstić information content (AvgIpc) is 2.36. The van der Waals surface area contributed by atoms with Gasteiger partial charge >= 0.3 is 0 Å². The summed E-state index contributed by atoms with van der Waals surface area (Å²) in [7, 11) is 0. The summed E-state index contributed by atoms with van der Waals surface area (Å²) in [6, 6.07) is 1.70. The number of aliphatic hydroxyl groups is 1. The minimum atomic E-state index is -0.542. The standard InChI is InChI=1S/C12H17BrN2O2/c1-3-12(4-2,8-16)15-11(17)9-5-10(13)7-14-6-9/h5-7,16H,3-4,8H2,1-2H3,(H,15,17). The predicted octanol–water partition coefficient (Wildman–Crippen LogP) is 2.12. The van der Waals surface area contributed by atoms with Crippen molar-refractivity contribution >= 4 is 21.8 Å². The zero-order chi connectivity index (χ0) is 12.9. The van der Waals surface area contributed by atoms with Crippen molar-refractivity contribution < 1.29 is 9.90 Å². The molecular weight excluding hydrogens is 284 g/mol. The van der Waals surface area contributed by atoms with Crippen LogP contribution in [0.15, 0.2) is 22.9 Å². The number of hydrogen-bond donors (Lipinski definition) is 2. The van der Waals surface area contributed by atoms with Crippen LogP contribution in [-0.4, -0.2) is 28.1 Å². The first-order chi connectivity index (χ1) is 8.06. The van der Waals surface area contributed by atoms with Gasteiger partial charge in [-0.2, -0.15) is 0 Å². The molecule has 2 N–H and O–H groups in total. The van der Waals surface area contributed by atoms with E-state index in [4.69, 9.17) is 0 Å². The van der Waals surface area contributed by atoms with Gasteiger partial charge in [-0.25, -0.2) is 0 Å². The Morgan fingerprint density at radius 2 is 2.12 bits per heavy atom. The van der Waals surface area contributed by atoms with Crippen molar-refractivity contribution in [2.75, 3.05) is 6.61 Å². The van der Waals surface area contributed by atoms with Gasteiger partial charge in [0.05, 0.1) is 17.7 Å². The molecule has 0 aliphatic heterocycles. The topological polar surface area (TPSA) is 62.2 Å². The summed E-state index contributed by atoms with van der Waals surface area (Å²) in [5.74, 6) is -0.212. The number of carbonyl (C=O) groups excluding carboxylic acids is 1.